The topological polar surface area (TPSA) is 94.9 Å². The van der Waals surface area contributed by atoms with E-state index in [1.165, 1.54) is 0 Å². The van der Waals surface area contributed by atoms with Crippen molar-refractivity contribution in [2.75, 3.05) is 18.4 Å². The number of para-hydroxylation sites is 1. The Kier molecular flexibility index (Phi) is 5.69. The number of hydrogen-bond acceptors (Lipinski definition) is 5. The first kappa shape index (κ1) is 18.8. The molecule has 0 atom stereocenters. The van der Waals surface area contributed by atoms with Gasteiger partial charge in [-0.25, -0.2) is 18.1 Å². The highest BCUT2D eigenvalue weighted by Crippen LogP contribution is 2.22. The highest BCUT2D eigenvalue weighted by molar-refractivity contribution is 7.89. The van der Waals surface area contributed by atoms with E-state index in [1.807, 2.05) is 31.2 Å². The molecular formula is C20H20N4O2S. The summed E-state index contributed by atoms with van der Waals surface area (Å²) >= 11 is 0. The average molecular weight is 380 g/mol. The quantitative estimate of drug-likeness (QED) is 0.614. The second-order valence-electron chi connectivity index (χ2n) is 6.13. The molecule has 0 unspecified atom stereocenters. The molecular weight excluding hydrogens is 360 g/mol. The Bertz CT molecular complexity index is 1090. The first-order valence-corrected chi connectivity index (χ1v) is 10.1. The zero-order chi connectivity index (χ0) is 19.3. The van der Waals surface area contributed by atoms with Crippen LogP contribution in [0.3, 0.4) is 0 Å². The maximum absolute atomic E-state index is 12.2. The van der Waals surface area contributed by atoms with E-state index in [0.717, 1.165) is 16.5 Å². The number of rotatable bonds is 7. The van der Waals surface area contributed by atoms with Crippen molar-refractivity contribution in [3.63, 3.8) is 0 Å². The van der Waals surface area contributed by atoms with Gasteiger partial charge in [-0.1, -0.05) is 36.4 Å². The molecule has 0 saturated heterocycles. The molecule has 2 N–H and O–H groups in total. The number of fused-ring (bicyclic) bond motifs is 1. The number of anilines is 1. The van der Waals surface area contributed by atoms with Gasteiger partial charge in [0.25, 0.3) is 0 Å². The lowest BCUT2D eigenvalue weighted by Gasteiger charge is -2.11. The van der Waals surface area contributed by atoms with Crippen LogP contribution >= 0.6 is 0 Å². The van der Waals surface area contributed by atoms with Crippen LogP contribution in [0.5, 0.6) is 0 Å². The van der Waals surface area contributed by atoms with Crippen LogP contribution in [0.4, 0.5) is 5.82 Å². The van der Waals surface area contributed by atoms with Crippen LogP contribution < -0.4 is 10.0 Å². The van der Waals surface area contributed by atoms with Crippen molar-refractivity contribution in [2.45, 2.75) is 18.2 Å². The molecule has 3 rings (SSSR count). The van der Waals surface area contributed by atoms with Gasteiger partial charge < -0.3 is 5.32 Å². The van der Waals surface area contributed by atoms with E-state index in [9.17, 15) is 13.7 Å². The molecule has 0 fully saturated rings. The summed E-state index contributed by atoms with van der Waals surface area (Å²) in [5, 5.41) is 13.4. The molecule has 0 aliphatic heterocycles. The number of nitrogens with one attached hydrogen (secondary N) is 2. The van der Waals surface area contributed by atoms with Crippen molar-refractivity contribution in [1.29, 1.82) is 5.26 Å². The van der Waals surface area contributed by atoms with Crippen LogP contribution in [0.25, 0.3) is 10.9 Å². The number of sulfonamides is 1. The van der Waals surface area contributed by atoms with Gasteiger partial charge in [0.1, 0.15) is 11.9 Å². The zero-order valence-corrected chi connectivity index (χ0v) is 15.8. The van der Waals surface area contributed by atoms with Crippen LogP contribution in [0.1, 0.15) is 17.5 Å². The second-order valence-corrected chi connectivity index (χ2v) is 7.90. The Labute approximate surface area is 158 Å². The van der Waals surface area contributed by atoms with Gasteiger partial charge in [-0.15, -0.1) is 0 Å². The van der Waals surface area contributed by atoms with Crippen molar-refractivity contribution in [1.82, 2.24) is 9.71 Å². The normalized spacial score (nSPS) is 11.3. The third kappa shape index (κ3) is 4.42. The summed E-state index contributed by atoms with van der Waals surface area (Å²) in [5.74, 6) is 0.519. The van der Waals surface area contributed by atoms with Crippen molar-refractivity contribution in [2.24, 2.45) is 0 Å². The summed E-state index contributed by atoms with van der Waals surface area (Å²) in [6.07, 6.45) is 0.560. The van der Waals surface area contributed by atoms with Gasteiger partial charge in [0, 0.05) is 18.5 Å². The summed E-state index contributed by atoms with van der Waals surface area (Å²) in [7, 11) is -3.50. The van der Waals surface area contributed by atoms with E-state index < -0.39 is 10.0 Å². The Morgan fingerprint density at radius 1 is 1.07 bits per heavy atom. The number of nitrogens with zero attached hydrogens (tertiary/aromatic N) is 2. The number of nitriles is 1. The van der Waals surface area contributed by atoms with Gasteiger partial charge in [-0.2, -0.15) is 5.26 Å². The lowest BCUT2D eigenvalue weighted by molar-refractivity contribution is 0.580. The molecule has 1 heterocycles. The van der Waals surface area contributed by atoms with Crippen LogP contribution in [0.2, 0.25) is 0 Å². The minimum atomic E-state index is -3.50. The minimum absolute atomic E-state index is 0.247. The summed E-state index contributed by atoms with van der Waals surface area (Å²) in [6.45, 7) is 2.76. The molecule has 0 saturated carbocycles. The Morgan fingerprint density at radius 3 is 2.59 bits per heavy atom. The monoisotopic (exact) mass is 380 g/mol. The number of hydrogen-bond donors (Lipinski definition) is 2. The highest BCUT2D eigenvalue weighted by atomic mass is 32.2. The molecule has 2 aromatic carbocycles. The number of aryl methyl sites for hydroxylation is 1. The zero-order valence-electron chi connectivity index (χ0n) is 14.9. The molecule has 27 heavy (non-hydrogen) atoms. The van der Waals surface area contributed by atoms with Crippen molar-refractivity contribution in [3.8, 4) is 6.07 Å². The Balaban J connectivity index is 1.61. The van der Waals surface area contributed by atoms with Crippen LogP contribution in [-0.2, 0) is 10.0 Å². The Morgan fingerprint density at radius 2 is 1.85 bits per heavy atom. The van der Waals surface area contributed by atoms with Gasteiger partial charge in [0.05, 0.1) is 16.0 Å². The van der Waals surface area contributed by atoms with E-state index in [2.05, 4.69) is 21.1 Å². The molecule has 0 spiro atoms. The summed E-state index contributed by atoms with van der Waals surface area (Å²) < 4.78 is 26.9. The van der Waals surface area contributed by atoms with Gasteiger partial charge in [-0.05, 0) is 37.1 Å². The molecule has 0 aliphatic carbocycles. The fraction of sp³-hybridized carbons (Fsp3) is 0.200. The standard InChI is InChI=1S/C20H20N4O2S/c1-15-7-5-8-16-13-17(14-21)20(24-19(15)16)22-11-6-12-23-27(25,26)18-9-3-2-4-10-18/h2-5,7-10,13,23H,6,11-12H2,1H3,(H,22,24). The van der Waals surface area contributed by atoms with Crippen LogP contribution in [-0.4, -0.2) is 26.5 Å². The van der Waals surface area contributed by atoms with E-state index in [0.29, 0.717) is 30.9 Å². The van der Waals surface area contributed by atoms with E-state index in [-0.39, 0.29) is 4.90 Å². The molecule has 0 amide bonds. The van der Waals surface area contributed by atoms with Crippen LogP contribution in [0, 0.1) is 18.3 Å². The predicted molar refractivity (Wildman–Crippen MR) is 106 cm³/mol. The van der Waals surface area contributed by atoms with Crippen molar-refractivity contribution < 1.29 is 8.42 Å². The first-order valence-electron chi connectivity index (χ1n) is 8.60. The van der Waals surface area contributed by atoms with Crippen LogP contribution in [0.15, 0.2) is 59.5 Å². The molecule has 7 heteroatoms. The molecule has 0 radical (unpaired) electrons. The number of pyridine rings is 1. The predicted octanol–water partition coefficient (Wildman–Crippen LogP) is 3.20. The van der Waals surface area contributed by atoms with E-state index in [4.69, 9.17) is 0 Å². The number of aromatic nitrogens is 1. The minimum Gasteiger partial charge on any atom is -0.369 e. The fourth-order valence-corrected chi connectivity index (χ4v) is 3.85. The maximum atomic E-state index is 12.2. The molecule has 0 bridgehead atoms. The molecule has 0 aliphatic rings. The lowest BCUT2D eigenvalue weighted by atomic mass is 10.1. The number of benzene rings is 2. The summed E-state index contributed by atoms with van der Waals surface area (Å²) in [5.41, 5.74) is 2.36. The smallest absolute Gasteiger partial charge is 0.240 e. The summed E-state index contributed by atoms with van der Waals surface area (Å²) in [4.78, 5) is 4.81. The third-order valence-corrected chi connectivity index (χ3v) is 5.64. The lowest BCUT2D eigenvalue weighted by Crippen LogP contribution is -2.26. The van der Waals surface area contributed by atoms with Crippen molar-refractivity contribution in [3.05, 3.63) is 65.7 Å². The molecule has 1 aromatic heterocycles. The third-order valence-electron chi connectivity index (χ3n) is 4.16. The molecule has 138 valence electrons. The average Bonchev–Trinajstić information content (AvgIpc) is 2.68. The SMILES string of the molecule is Cc1cccc2cc(C#N)c(NCCCNS(=O)(=O)c3ccccc3)nc12. The van der Waals surface area contributed by atoms with E-state index >= 15 is 0 Å². The fourth-order valence-electron chi connectivity index (χ4n) is 2.75. The Hall–Kier alpha value is -2.95. The van der Waals surface area contributed by atoms with Gasteiger partial charge >= 0.3 is 0 Å². The maximum Gasteiger partial charge on any atom is 0.240 e. The van der Waals surface area contributed by atoms with E-state index in [1.54, 1.807) is 30.3 Å². The largest absolute Gasteiger partial charge is 0.369 e. The van der Waals surface area contributed by atoms with Gasteiger partial charge in [0.15, 0.2) is 0 Å². The second kappa shape index (κ2) is 8.16. The first-order chi connectivity index (χ1) is 13.0. The van der Waals surface area contributed by atoms with Crippen molar-refractivity contribution >= 4 is 26.7 Å². The van der Waals surface area contributed by atoms with Gasteiger partial charge in [-0.3, -0.25) is 0 Å². The molecule has 3 aromatic rings. The molecule has 6 nitrogen and oxygen atoms in total. The highest BCUT2D eigenvalue weighted by Gasteiger charge is 2.12. The van der Waals surface area contributed by atoms with Gasteiger partial charge in [0.2, 0.25) is 10.0 Å². The summed E-state index contributed by atoms with van der Waals surface area (Å²) in [6, 6.07) is 18.1.